The van der Waals surface area contributed by atoms with Gasteiger partial charge in [-0.1, -0.05) is 24.3 Å². The van der Waals surface area contributed by atoms with Gasteiger partial charge in [0.25, 0.3) is 0 Å². The van der Waals surface area contributed by atoms with Crippen LogP contribution >= 0.6 is 0 Å². The zero-order valence-corrected chi connectivity index (χ0v) is 10.4. The summed E-state index contributed by atoms with van der Waals surface area (Å²) in [6.45, 7) is 0. The summed E-state index contributed by atoms with van der Waals surface area (Å²) in [4.78, 5) is -1.41. The molecule has 0 heterocycles. The van der Waals surface area contributed by atoms with Gasteiger partial charge in [0.1, 0.15) is 0 Å². The minimum absolute atomic E-state index is 0. The molecule has 0 aromatic heterocycles. The van der Waals surface area contributed by atoms with Crippen molar-refractivity contribution >= 4 is 10.7 Å². The van der Waals surface area contributed by atoms with Crippen LogP contribution in [0.1, 0.15) is 6.42 Å². The molecule has 0 saturated carbocycles. The van der Waals surface area contributed by atoms with E-state index in [4.69, 9.17) is 5.21 Å². The molecule has 0 fully saturated rings. The van der Waals surface area contributed by atoms with Gasteiger partial charge < -0.3 is 19.1 Å². The minimum Gasteiger partial charge on any atom is -0.422 e. The number of hydrogen-bond donors (Lipinski definition) is 1. The predicted octanol–water partition coefficient (Wildman–Crippen LogP) is -2.47. The van der Waals surface area contributed by atoms with E-state index < -0.39 is 15.6 Å². The first kappa shape index (κ1) is 16.2. The maximum atomic E-state index is 10.7. The second kappa shape index (κ2) is 7.13. The fourth-order valence-electron chi connectivity index (χ4n) is 0.896. The van der Waals surface area contributed by atoms with Gasteiger partial charge in [-0.2, -0.15) is 5.11 Å². The molecule has 0 radical (unpaired) electrons. The molecule has 1 unspecified atom stereocenters. The van der Waals surface area contributed by atoms with Gasteiger partial charge in [-0.3, -0.25) is 0 Å². The summed E-state index contributed by atoms with van der Waals surface area (Å²) < 4.78 is 21.4. The first-order valence-corrected chi connectivity index (χ1v) is 4.29. The molecule has 3 N–H and O–H groups in total. The van der Waals surface area contributed by atoms with Crippen molar-refractivity contribution < 1.29 is 48.7 Å². The van der Waals surface area contributed by atoms with Crippen LogP contribution in [0.2, 0.25) is 0 Å². The van der Waals surface area contributed by atoms with Gasteiger partial charge in [0, 0.05) is 5.28 Å². The van der Waals surface area contributed by atoms with E-state index in [1.165, 1.54) is 6.08 Å². The van der Waals surface area contributed by atoms with Crippen LogP contribution in [0.5, 0.6) is 0 Å². The van der Waals surface area contributed by atoms with E-state index >= 15 is 0 Å². The third-order valence-electron chi connectivity index (χ3n) is 1.52. The Balaban J connectivity index is 0. The Labute approximate surface area is 105 Å². The minimum atomic E-state index is -2.42. The molecule has 14 heavy (non-hydrogen) atoms. The van der Waals surface area contributed by atoms with E-state index in [1.54, 1.807) is 18.2 Å². The fraction of sp³-hybridized carbons (Fsp3) is 0.333. The number of rotatable bonds is 2. The van der Waals surface area contributed by atoms with Crippen molar-refractivity contribution in [3.63, 3.8) is 0 Å². The smallest absolute Gasteiger partial charge is 0.422 e. The molecule has 74 valence electrons. The van der Waals surface area contributed by atoms with Crippen LogP contribution in [0, 0.1) is 0 Å². The van der Waals surface area contributed by atoms with Crippen LogP contribution in [0.3, 0.4) is 0 Å². The zero-order valence-electron chi connectivity index (χ0n) is 7.58. The van der Waals surface area contributed by atoms with E-state index in [0.717, 1.165) is 0 Å². The van der Waals surface area contributed by atoms with E-state index in [2.05, 4.69) is 10.4 Å². The Kier molecular flexibility index (Phi) is 8.27. The molecule has 6 nitrogen and oxygen atoms in total. The molecule has 0 amide bonds. The van der Waals surface area contributed by atoms with E-state index in [0.29, 0.717) is 0 Å². The van der Waals surface area contributed by atoms with Crippen molar-refractivity contribution in [2.75, 3.05) is 0 Å². The summed E-state index contributed by atoms with van der Waals surface area (Å²) in [7, 11) is -2.42. The van der Waals surface area contributed by atoms with Gasteiger partial charge in [-0.25, -0.2) is 0 Å². The second-order valence-electron chi connectivity index (χ2n) is 2.26. The normalized spacial score (nSPS) is 24.6. The standard InChI is InChI=1S/C6H7N2O3S.Na.H2O/c9-8-7-6(12(10)11)4-2-1-3-5-6;;/h1-4H,5H2,(H,7,9);;1H2/q-1;+1;. The number of nitrogens with zero attached hydrogens (tertiary/aromatic N) is 2. The van der Waals surface area contributed by atoms with Crippen LogP contribution in [-0.2, 0) is 19.1 Å². The van der Waals surface area contributed by atoms with Crippen LogP contribution < -0.4 is 29.6 Å². The van der Waals surface area contributed by atoms with Crippen molar-refractivity contribution in [3.05, 3.63) is 24.3 Å². The monoisotopic (exact) mass is 228 g/mol. The first-order valence-electron chi connectivity index (χ1n) is 3.21. The molecule has 0 spiro atoms. The first-order chi connectivity index (χ1) is 5.71. The summed E-state index contributed by atoms with van der Waals surface area (Å²) in [6, 6.07) is 0. The number of hydrogen-bond acceptors (Lipinski definition) is 5. The van der Waals surface area contributed by atoms with Gasteiger partial charge in [0.15, 0.2) is 0 Å². The van der Waals surface area contributed by atoms with Crippen molar-refractivity contribution in [1.82, 2.24) is 0 Å². The molecule has 1 aliphatic rings. The molecular weight excluding hydrogens is 219 g/mol. The molecule has 0 aromatic carbocycles. The molecular formula is C6H9N2NaO4S. The zero-order chi connectivity index (χ0) is 9.03. The molecule has 0 saturated heterocycles. The Morgan fingerprint density at radius 2 is 2.00 bits per heavy atom. The summed E-state index contributed by atoms with van der Waals surface area (Å²) in [5.74, 6) is 0. The Morgan fingerprint density at radius 3 is 2.36 bits per heavy atom. The topological polar surface area (TPSA) is 111 Å². The van der Waals surface area contributed by atoms with Gasteiger partial charge in [0.2, 0.25) is 0 Å². The van der Waals surface area contributed by atoms with Gasteiger partial charge in [-0.15, -0.1) is 0 Å². The van der Waals surface area contributed by atoms with E-state index in [1.807, 2.05) is 0 Å². The molecule has 0 bridgehead atoms. The van der Waals surface area contributed by atoms with Crippen LogP contribution in [0.4, 0.5) is 0 Å². The largest absolute Gasteiger partial charge is 1.00 e. The Morgan fingerprint density at radius 1 is 1.36 bits per heavy atom. The summed E-state index contributed by atoms with van der Waals surface area (Å²) >= 11 is 0. The SMILES string of the molecule is O.O=[S-](=O)C1(N=NO)C=CC=CC1.[Na+]. The molecule has 0 aliphatic heterocycles. The maximum Gasteiger partial charge on any atom is 1.00 e. The summed E-state index contributed by atoms with van der Waals surface area (Å²) in [6.07, 6.45) is 6.47. The third kappa shape index (κ3) is 3.50. The summed E-state index contributed by atoms with van der Waals surface area (Å²) in [5.41, 5.74) is 0. The van der Waals surface area contributed by atoms with Crippen molar-refractivity contribution in [2.45, 2.75) is 11.3 Å². The van der Waals surface area contributed by atoms with Crippen molar-refractivity contribution in [3.8, 4) is 0 Å². The maximum absolute atomic E-state index is 10.7. The second-order valence-corrected chi connectivity index (χ2v) is 3.44. The van der Waals surface area contributed by atoms with Gasteiger partial charge in [-0.05, 0) is 17.1 Å². The van der Waals surface area contributed by atoms with Gasteiger partial charge in [0.05, 0.1) is 4.87 Å². The molecule has 1 aliphatic carbocycles. The fourth-order valence-corrected chi connectivity index (χ4v) is 1.42. The predicted molar refractivity (Wildman–Crippen MR) is 44.6 cm³/mol. The van der Waals surface area contributed by atoms with Crippen LogP contribution in [0.15, 0.2) is 34.7 Å². The quantitative estimate of drug-likeness (QED) is 0.244. The van der Waals surface area contributed by atoms with Gasteiger partial charge >= 0.3 is 29.6 Å². The van der Waals surface area contributed by atoms with E-state index in [-0.39, 0.29) is 41.5 Å². The number of allylic oxidation sites excluding steroid dienone is 2. The Hall–Kier alpha value is -0.210. The average molecular weight is 228 g/mol. The van der Waals surface area contributed by atoms with Crippen molar-refractivity contribution in [2.24, 2.45) is 10.4 Å². The molecule has 1 atom stereocenters. The van der Waals surface area contributed by atoms with Crippen LogP contribution in [0.25, 0.3) is 0 Å². The van der Waals surface area contributed by atoms with Crippen molar-refractivity contribution in [1.29, 1.82) is 0 Å². The molecule has 1 rings (SSSR count). The van der Waals surface area contributed by atoms with E-state index in [9.17, 15) is 8.42 Å². The molecule has 0 aromatic rings. The molecule has 8 heteroatoms. The summed E-state index contributed by atoms with van der Waals surface area (Å²) in [5, 5.41) is 13.9. The average Bonchev–Trinajstić information content (AvgIpc) is 2.06. The van der Waals surface area contributed by atoms with Crippen LogP contribution in [-0.4, -0.2) is 15.6 Å². The Bertz CT molecular complexity index is 318. The third-order valence-corrected chi connectivity index (χ3v) is 2.48.